The monoisotopic (exact) mass is 319 g/mol. The second kappa shape index (κ2) is 5.96. The summed E-state index contributed by atoms with van der Waals surface area (Å²) in [5.41, 5.74) is 1.63. The summed E-state index contributed by atoms with van der Waals surface area (Å²) in [6, 6.07) is 5.11. The van der Waals surface area contributed by atoms with Crippen LogP contribution in [0.5, 0.6) is 0 Å². The molecule has 2 N–H and O–H groups in total. The lowest BCUT2D eigenvalue weighted by atomic mass is 10.2. The largest absolute Gasteiger partial charge is 0.331 e. The molecule has 0 unspecified atom stereocenters. The van der Waals surface area contributed by atoms with Gasteiger partial charge in [-0.25, -0.2) is 4.79 Å². The summed E-state index contributed by atoms with van der Waals surface area (Å²) < 4.78 is 1.96. The molecule has 0 spiro atoms. The van der Waals surface area contributed by atoms with E-state index in [1.54, 1.807) is 6.07 Å². The number of aryl methyl sites for hydroxylation is 1. The predicted molar refractivity (Wildman–Crippen MR) is 85.0 cm³/mol. The van der Waals surface area contributed by atoms with Crippen LogP contribution in [0.3, 0.4) is 0 Å². The Bertz CT molecular complexity index is 708. The minimum absolute atomic E-state index is 0.295. The average molecular weight is 320 g/mol. The van der Waals surface area contributed by atoms with Gasteiger partial charge in [-0.2, -0.15) is 0 Å². The molecule has 7 heteroatoms. The number of anilines is 1. The van der Waals surface area contributed by atoms with Gasteiger partial charge in [-0.1, -0.05) is 17.7 Å². The molecule has 2 aromatic rings. The first kappa shape index (κ1) is 14.8. The lowest BCUT2D eigenvalue weighted by molar-refractivity contribution is 0.251. The van der Waals surface area contributed by atoms with Gasteiger partial charge in [0.25, 0.3) is 0 Å². The molecule has 1 aliphatic rings. The third-order valence-electron chi connectivity index (χ3n) is 3.78. The molecule has 1 fully saturated rings. The molecular formula is C15H18ClN5O. The molecule has 0 saturated heterocycles. The highest BCUT2D eigenvalue weighted by molar-refractivity contribution is 6.31. The van der Waals surface area contributed by atoms with Gasteiger partial charge in [0.05, 0.1) is 6.54 Å². The summed E-state index contributed by atoms with van der Waals surface area (Å²) in [4.78, 5) is 11.9. The number of carbonyl (C=O) groups excluding carboxylic acids is 1. The lowest BCUT2D eigenvalue weighted by Gasteiger charge is -2.09. The molecule has 1 saturated carbocycles. The van der Waals surface area contributed by atoms with E-state index in [-0.39, 0.29) is 6.03 Å². The highest BCUT2D eigenvalue weighted by Gasteiger charge is 2.29. The van der Waals surface area contributed by atoms with Gasteiger partial charge < -0.3 is 15.2 Å². The maximum atomic E-state index is 11.9. The predicted octanol–water partition coefficient (Wildman–Crippen LogP) is 2.98. The minimum Gasteiger partial charge on any atom is -0.331 e. The fourth-order valence-corrected chi connectivity index (χ4v) is 2.41. The number of nitrogens with one attached hydrogen (secondary N) is 2. The van der Waals surface area contributed by atoms with Crippen LogP contribution in [-0.2, 0) is 13.6 Å². The summed E-state index contributed by atoms with van der Waals surface area (Å²) in [5.74, 6) is 2.29. The van der Waals surface area contributed by atoms with Crippen LogP contribution in [-0.4, -0.2) is 20.8 Å². The number of urea groups is 1. The Labute approximate surface area is 133 Å². The number of hydrogen-bond acceptors (Lipinski definition) is 3. The van der Waals surface area contributed by atoms with Crippen LogP contribution in [0.25, 0.3) is 0 Å². The average Bonchev–Trinajstić information content (AvgIpc) is 3.25. The summed E-state index contributed by atoms with van der Waals surface area (Å²) in [6.07, 6.45) is 2.35. The van der Waals surface area contributed by atoms with Gasteiger partial charge in [0.1, 0.15) is 5.82 Å². The van der Waals surface area contributed by atoms with E-state index in [0.29, 0.717) is 23.2 Å². The van der Waals surface area contributed by atoms with Crippen LogP contribution in [0.2, 0.25) is 5.02 Å². The van der Waals surface area contributed by atoms with Crippen molar-refractivity contribution in [2.75, 3.05) is 5.32 Å². The maximum absolute atomic E-state index is 11.9. The molecule has 116 valence electrons. The Morgan fingerprint density at radius 1 is 1.41 bits per heavy atom. The Morgan fingerprint density at radius 3 is 2.86 bits per heavy atom. The number of halogens is 1. The second-order valence-corrected chi connectivity index (χ2v) is 5.99. The van der Waals surface area contributed by atoms with Gasteiger partial charge in [-0.15, -0.1) is 10.2 Å². The van der Waals surface area contributed by atoms with Crippen molar-refractivity contribution in [3.63, 3.8) is 0 Å². The van der Waals surface area contributed by atoms with Crippen LogP contribution < -0.4 is 10.6 Å². The molecule has 0 bridgehead atoms. The van der Waals surface area contributed by atoms with E-state index in [1.807, 2.05) is 30.7 Å². The van der Waals surface area contributed by atoms with Crippen molar-refractivity contribution in [1.82, 2.24) is 20.1 Å². The van der Waals surface area contributed by atoms with Crippen molar-refractivity contribution in [3.05, 3.63) is 40.4 Å². The smallest absolute Gasteiger partial charge is 0.319 e. The van der Waals surface area contributed by atoms with Gasteiger partial charge in [0, 0.05) is 23.7 Å². The Balaban J connectivity index is 1.56. The van der Waals surface area contributed by atoms with Gasteiger partial charge in [0.15, 0.2) is 5.82 Å². The fourth-order valence-electron chi connectivity index (χ4n) is 2.23. The molecular weight excluding hydrogens is 302 g/mol. The van der Waals surface area contributed by atoms with Crippen molar-refractivity contribution < 1.29 is 4.79 Å². The molecule has 0 aliphatic heterocycles. The third-order valence-corrected chi connectivity index (χ3v) is 4.19. The van der Waals surface area contributed by atoms with E-state index in [2.05, 4.69) is 20.8 Å². The Morgan fingerprint density at radius 2 is 2.18 bits per heavy atom. The summed E-state index contributed by atoms with van der Waals surface area (Å²) >= 11 is 6.04. The zero-order valence-electron chi connectivity index (χ0n) is 12.6. The molecule has 1 aliphatic carbocycles. The van der Waals surface area contributed by atoms with E-state index < -0.39 is 0 Å². The normalized spacial score (nSPS) is 14.0. The molecule has 22 heavy (non-hydrogen) atoms. The van der Waals surface area contributed by atoms with E-state index in [1.165, 1.54) is 12.8 Å². The Hall–Kier alpha value is -2.08. The van der Waals surface area contributed by atoms with Gasteiger partial charge in [-0.05, 0) is 37.5 Å². The third kappa shape index (κ3) is 3.22. The first-order chi connectivity index (χ1) is 10.5. The first-order valence-electron chi connectivity index (χ1n) is 7.24. The highest BCUT2D eigenvalue weighted by atomic mass is 35.5. The topological polar surface area (TPSA) is 71.8 Å². The first-order valence-corrected chi connectivity index (χ1v) is 7.61. The highest BCUT2D eigenvalue weighted by Crippen LogP contribution is 2.38. The molecule has 0 atom stereocenters. The molecule has 1 heterocycles. The van der Waals surface area contributed by atoms with Gasteiger partial charge in [0.2, 0.25) is 0 Å². The second-order valence-electron chi connectivity index (χ2n) is 5.58. The zero-order valence-corrected chi connectivity index (χ0v) is 13.3. The number of amides is 2. The van der Waals surface area contributed by atoms with Crippen molar-refractivity contribution in [2.24, 2.45) is 7.05 Å². The van der Waals surface area contributed by atoms with Crippen molar-refractivity contribution in [1.29, 1.82) is 0 Å². The van der Waals surface area contributed by atoms with Crippen LogP contribution in [0.15, 0.2) is 18.2 Å². The molecule has 2 amide bonds. The molecule has 3 rings (SSSR count). The fraction of sp³-hybridized carbons (Fsp3) is 0.400. The van der Waals surface area contributed by atoms with E-state index >= 15 is 0 Å². The van der Waals surface area contributed by atoms with Crippen LogP contribution in [0.4, 0.5) is 10.5 Å². The molecule has 1 aromatic heterocycles. The van der Waals surface area contributed by atoms with Gasteiger partial charge in [-0.3, -0.25) is 0 Å². The standard InChI is InChI=1S/C15H18ClN5O/c1-9-3-6-11(7-12(9)16)18-15(22)17-8-13-19-20-14(21(13)2)10-4-5-10/h3,6-7,10H,4-5,8H2,1-2H3,(H2,17,18,22). The van der Waals surface area contributed by atoms with Gasteiger partial charge >= 0.3 is 6.03 Å². The number of hydrogen-bond donors (Lipinski definition) is 2. The van der Waals surface area contributed by atoms with Crippen molar-refractivity contribution in [3.8, 4) is 0 Å². The minimum atomic E-state index is -0.295. The molecule has 1 aromatic carbocycles. The van der Waals surface area contributed by atoms with Crippen LogP contribution >= 0.6 is 11.6 Å². The number of carbonyl (C=O) groups is 1. The summed E-state index contributed by atoms with van der Waals surface area (Å²) in [7, 11) is 1.93. The van der Waals surface area contributed by atoms with E-state index in [0.717, 1.165) is 17.2 Å². The molecule has 0 radical (unpaired) electrons. The molecule has 6 nitrogen and oxygen atoms in total. The lowest BCUT2D eigenvalue weighted by Crippen LogP contribution is -2.29. The number of benzene rings is 1. The Kier molecular flexibility index (Phi) is 4.02. The quantitative estimate of drug-likeness (QED) is 0.910. The van der Waals surface area contributed by atoms with Crippen molar-refractivity contribution >= 4 is 23.3 Å². The number of nitrogens with zero attached hydrogens (tertiary/aromatic N) is 3. The van der Waals surface area contributed by atoms with Crippen LogP contribution in [0.1, 0.15) is 36.0 Å². The number of aromatic nitrogens is 3. The maximum Gasteiger partial charge on any atom is 0.319 e. The van der Waals surface area contributed by atoms with E-state index in [4.69, 9.17) is 11.6 Å². The van der Waals surface area contributed by atoms with E-state index in [9.17, 15) is 4.79 Å². The summed E-state index contributed by atoms with van der Waals surface area (Å²) in [6.45, 7) is 2.25. The van der Waals surface area contributed by atoms with Crippen LogP contribution in [0, 0.1) is 6.92 Å². The summed E-state index contributed by atoms with van der Waals surface area (Å²) in [5, 5.41) is 14.5. The zero-order chi connectivity index (χ0) is 15.7. The number of rotatable bonds is 4. The SMILES string of the molecule is Cc1ccc(NC(=O)NCc2nnc(C3CC3)n2C)cc1Cl. The van der Waals surface area contributed by atoms with Crippen molar-refractivity contribution in [2.45, 2.75) is 32.2 Å².